The molecule has 4 nitrogen and oxygen atoms in total. The van der Waals surface area contributed by atoms with Crippen LogP contribution < -0.4 is 10.2 Å². The van der Waals surface area contributed by atoms with Crippen LogP contribution in [-0.2, 0) is 11.3 Å². The largest absolute Gasteiger partial charge is 0.463 e. The third-order valence-electron chi connectivity index (χ3n) is 2.72. The van der Waals surface area contributed by atoms with Gasteiger partial charge in [0, 0.05) is 4.47 Å². The van der Waals surface area contributed by atoms with Crippen LogP contribution in [0.2, 0.25) is 0 Å². The van der Waals surface area contributed by atoms with Crippen LogP contribution in [0.25, 0.3) is 0 Å². The number of carbonyl (C=O) groups excluding carboxylic acids is 1. The Bertz CT molecular complexity index is 587. The van der Waals surface area contributed by atoms with Gasteiger partial charge in [-0.2, -0.15) is 0 Å². The van der Waals surface area contributed by atoms with Crippen molar-refractivity contribution in [2.75, 3.05) is 18.9 Å². The zero-order chi connectivity index (χ0) is 14.5. The van der Waals surface area contributed by atoms with Crippen LogP contribution in [0.1, 0.15) is 5.76 Å². The number of hydrogen-bond acceptors (Lipinski definition) is 2. The van der Waals surface area contributed by atoms with Crippen LogP contribution in [0.5, 0.6) is 0 Å². The average molecular weight is 342 g/mol. The van der Waals surface area contributed by atoms with Crippen LogP contribution in [0.15, 0.2) is 45.5 Å². The van der Waals surface area contributed by atoms with Crippen molar-refractivity contribution in [3.05, 3.63) is 52.6 Å². The second kappa shape index (κ2) is 6.67. The standard InChI is InChI=1S/C14H14BrFN2O2/c1-18(8-11-3-2-6-20-11)9-14(19)17-13-5-4-10(15)7-12(13)16/h2-7H,8-9H2,1H3,(H,17,19)/p+1. The Hall–Kier alpha value is -1.66. The molecule has 1 atom stereocenters. The number of quaternary nitrogens is 1. The summed E-state index contributed by atoms with van der Waals surface area (Å²) in [5.41, 5.74) is 0.184. The molecule has 1 aromatic carbocycles. The van der Waals surface area contributed by atoms with Crippen molar-refractivity contribution in [1.82, 2.24) is 0 Å². The third kappa shape index (κ3) is 4.18. The Balaban J connectivity index is 1.88. The van der Waals surface area contributed by atoms with Crippen molar-refractivity contribution < 1.29 is 18.5 Å². The predicted octanol–water partition coefficient (Wildman–Crippen LogP) is 1.83. The molecule has 0 bridgehead atoms. The molecule has 2 rings (SSSR count). The van der Waals surface area contributed by atoms with E-state index in [0.717, 1.165) is 10.7 Å². The van der Waals surface area contributed by atoms with Crippen LogP contribution in [0.3, 0.4) is 0 Å². The van der Waals surface area contributed by atoms with E-state index in [4.69, 9.17) is 4.42 Å². The SMILES string of the molecule is C[NH+](CC(=O)Nc1ccc(Br)cc1F)Cc1ccco1. The molecule has 1 aromatic heterocycles. The average Bonchev–Trinajstić information content (AvgIpc) is 2.85. The van der Waals surface area contributed by atoms with Crippen molar-refractivity contribution in [3.63, 3.8) is 0 Å². The highest BCUT2D eigenvalue weighted by atomic mass is 79.9. The van der Waals surface area contributed by atoms with Gasteiger partial charge in [-0.25, -0.2) is 4.39 Å². The van der Waals surface area contributed by atoms with Crippen molar-refractivity contribution in [1.29, 1.82) is 0 Å². The van der Waals surface area contributed by atoms with Gasteiger partial charge >= 0.3 is 0 Å². The van der Waals surface area contributed by atoms with E-state index in [-0.39, 0.29) is 18.1 Å². The number of likely N-dealkylation sites (N-methyl/N-ethyl adjacent to an activating group) is 1. The minimum absolute atomic E-state index is 0.184. The highest BCUT2D eigenvalue weighted by Crippen LogP contribution is 2.18. The molecule has 0 spiro atoms. The number of halogens is 2. The summed E-state index contributed by atoms with van der Waals surface area (Å²) in [6.07, 6.45) is 1.60. The molecule has 0 fully saturated rings. The fourth-order valence-corrected chi connectivity index (χ4v) is 2.17. The van der Waals surface area contributed by atoms with Gasteiger partial charge in [0.05, 0.1) is 19.0 Å². The molecular weight excluding hydrogens is 327 g/mol. The van der Waals surface area contributed by atoms with Crippen molar-refractivity contribution >= 4 is 27.5 Å². The summed E-state index contributed by atoms with van der Waals surface area (Å²) in [5.74, 6) is 0.108. The molecule has 0 saturated heterocycles. The number of anilines is 1. The predicted molar refractivity (Wildman–Crippen MR) is 76.9 cm³/mol. The Labute approximate surface area is 124 Å². The van der Waals surface area contributed by atoms with Gasteiger partial charge in [-0.1, -0.05) is 15.9 Å². The van der Waals surface area contributed by atoms with Gasteiger partial charge < -0.3 is 14.6 Å². The first-order valence-electron chi connectivity index (χ1n) is 6.13. The van der Waals surface area contributed by atoms with E-state index in [9.17, 15) is 9.18 Å². The van der Waals surface area contributed by atoms with Gasteiger partial charge in [0.15, 0.2) is 12.3 Å². The Morgan fingerprint density at radius 2 is 2.25 bits per heavy atom. The quantitative estimate of drug-likeness (QED) is 0.871. The van der Waals surface area contributed by atoms with Gasteiger partial charge in [0.2, 0.25) is 0 Å². The summed E-state index contributed by atoms with van der Waals surface area (Å²) in [7, 11) is 1.88. The Kier molecular flexibility index (Phi) is 4.92. The Morgan fingerprint density at radius 1 is 1.45 bits per heavy atom. The highest BCUT2D eigenvalue weighted by molar-refractivity contribution is 9.10. The maximum absolute atomic E-state index is 13.6. The minimum atomic E-state index is -0.462. The summed E-state index contributed by atoms with van der Waals surface area (Å²) in [5, 5.41) is 2.56. The molecule has 106 valence electrons. The number of carbonyl (C=O) groups is 1. The van der Waals surface area contributed by atoms with Crippen LogP contribution in [-0.4, -0.2) is 19.5 Å². The van der Waals surface area contributed by atoms with E-state index in [2.05, 4.69) is 21.2 Å². The molecule has 20 heavy (non-hydrogen) atoms. The molecule has 0 radical (unpaired) electrons. The van der Waals surface area contributed by atoms with E-state index in [1.54, 1.807) is 18.4 Å². The first-order chi connectivity index (χ1) is 9.54. The van der Waals surface area contributed by atoms with Gasteiger partial charge in [-0.15, -0.1) is 0 Å². The zero-order valence-electron chi connectivity index (χ0n) is 11.0. The third-order valence-corrected chi connectivity index (χ3v) is 3.22. The fourth-order valence-electron chi connectivity index (χ4n) is 1.83. The summed E-state index contributed by atoms with van der Waals surface area (Å²) in [6, 6.07) is 8.18. The minimum Gasteiger partial charge on any atom is -0.463 e. The highest BCUT2D eigenvalue weighted by Gasteiger charge is 2.13. The van der Waals surface area contributed by atoms with E-state index in [0.29, 0.717) is 11.0 Å². The second-order valence-electron chi connectivity index (χ2n) is 4.56. The second-order valence-corrected chi connectivity index (χ2v) is 5.48. The normalized spacial score (nSPS) is 12.2. The number of furan rings is 1. The number of rotatable bonds is 5. The first kappa shape index (κ1) is 14.7. The first-order valence-corrected chi connectivity index (χ1v) is 6.92. The summed E-state index contributed by atoms with van der Waals surface area (Å²) >= 11 is 3.17. The zero-order valence-corrected chi connectivity index (χ0v) is 12.5. The lowest BCUT2D eigenvalue weighted by molar-refractivity contribution is -0.886. The van der Waals surface area contributed by atoms with Crippen LogP contribution >= 0.6 is 15.9 Å². The van der Waals surface area contributed by atoms with Gasteiger partial charge in [0.1, 0.15) is 12.4 Å². The smallest absolute Gasteiger partial charge is 0.279 e. The van der Waals surface area contributed by atoms with E-state index >= 15 is 0 Å². The van der Waals surface area contributed by atoms with Crippen LogP contribution in [0, 0.1) is 5.82 Å². The molecular formula is C14H15BrFN2O2+. The van der Waals surface area contributed by atoms with E-state index in [1.807, 2.05) is 13.1 Å². The Morgan fingerprint density at radius 3 is 2.90 bits per heavy atom. The molecule has 2 N–H and O–H groups in total. The summed E-state index contributed by atoms with van der Waals surface area (Å²) in [4.78, 5) is 12.8. The molecule has 1 heterocycles. The molecule has 0 aliphatic carbocycles. The lowest BCUT2D eigenvalue weighted by Crippen LogP contribution is -3.08. The molecule has 6 heteroatoms. The van der Waals surface area contributed by atoms with Crippen LogP contribution in [0.4, 0.5) is 10.1 Å². The van der Waals surface area contributed by atoms with Gasteiger partial charge in [0.25, 0.3) is 5.91 Å². The summed E-state index contributed by atoms with van der Waals surface area (Å²) < 4.78 is 19.4. The molecule has 1 amide bonds. The molecule has 0 aliphatic rings. The molecule has 0 saturated carbocycles. The van der Waals surface area contributed by atoms with Crippen molar-refractivity contribution in [3.8, 4) is 0 Å². The maximum Gasteiger partial charge on any atom is 0.279 e. The topological polar surface area (TPSA) is 46.7 Å². The monoisotopic (exact) mass is 341 g/mol. The molecule has 1 unspecified atom stereocenters. The number of nitrogens with one attached hydrogen (secondary N) is 2. The van der Waals surface area contributed by atoms with E-state index in [1.165, 1.54) is 12.1 Å². The number of benzene rings is 1. The lowest BCUT2D eigenvalue weighted by atomic mass is 10.3. The number of hydrogen-bond donors (Lipinski definition) is 2. The lowest BCUT2D eigenvalue weighted by Gasteiger charge is -2.12. The fraction of sp³-hybridized carbons (Fsp3) is 0.214. The van der Waals surface area contributed by atoms with E-state index < -0.39 is 5.82 Å². The number of amides is 1. The van der Waals surface area contributed by atoms with Gasteiger partial charge in [-0.3, -0.25) is 4.79 Å². The van der Waals surface area contributed by atoms with Crippen molar-refractivity contribution in [2.24, 2.45) is 0 Å². The van der Waals surface area contributed by atoms with Crippen molar-refractivity contribution in [2.45, 2.75) is 6.54 Å². The molecule has 2 aromatic rings. The maximum atomic E-state index is 13.6. The molecule has 0 aliphatic heterocycles. The van der Waals surface area contributed by atoms with Gasteiger partial charge in [-0.05, 0) is 30.3 Å². The summed E-state index contributed by atoms with van der Waals surface area (Å²) in [6.45, 7) is 0.833.